The SMILES string of the molecule is C=C[Si](C)(OCCCCCCCCCCCCC)O[Si](C)(C=C)OC(C)CCCCC. The van der Waals surface area contributed by atoms with Gasteiger partial charge in [-0.3, -0.25) is 0 Å². The molecule has 184 valence electrons. The zero-order valence-corrected chi connectivity index (χ0v) is 23.7. The second-order valence-corrected chi connectivity index (χ2v) is 15.6. The van der Waals surface area contributed by atoms with Crippen LogP contribution >= 0.6 is 0 Å². The van der Waals surface area contributed by atoms with Crippen molar-refractivity contribution in [2.24, 2.45) is 0 Å². The van der Waals surface area contributed by atoms with Gasteiger partial charge in [-0.1, -0.05) is 109 Å². The van der Waals surface area contributed by atoms with Crippen LogP contribution in [0, 0.1) is 0 Å². The van der Waals surface area contributed by atoms with E-state index in [4.69, 9.17) is 13.0 Å². The predicted molar refractivity (Wildman–Crippen MR) is 142 cm³/mol. The molecule has 0 spiro atoms. The minimum absolute atomic E-state index is 0.191. The lowest BCUT2D eigenvalue weighted by atomic mass is 10.1. The molecule has 0 amide bonds. The summed E-state index contributed by atoms with van der Waals surface area (Å²) in [4.78, 5) is 0. The van der Waals surface area contributed by atoms with Crippen LogP contribution in [0.4, 0.5) is 0 Å². The van der Waals surface area contributed by atoms with Crippen LogP contribution in [0.15, 0.2) is 24.6 Å². The van der Waals surface area contributed by atoms with Gasteiger partial charge in [-0.05, 0) is 32.9 Å². The molecule has 0 heterocycles. The first-order valence-corrected chi connectivity index (χ1v) is 17.9. The smallest absolute Gasteiger partial charge is 0.352 e. The Morgan fingerprint density at radius 3 is 1.61 bits per heavy atom. The van der Waals surface area contributed by atoms with Gasteiger partial charge in [0.05, 0.1) is 0 Å². The Morgan fingerprint density at radius 2 is 1.13 bits per heavy atom. The van der Waals surface area contributed by atoms with E-state index in [0.29, 0.717) is 0 Å². The van der Waals surface area contributed by atoms with Gasteiger partial charge in [-0.25, -0.2) is 0 Å². The maximum Gasteiger partial charge on any atom is 0.352 e. The first-order chi connectivity index (χ1) is 14.8. The van der Waals surface area contributed by atoms with E-state index in [-0.39, 0.29) is 6.10 Å². The van der Waals surface area contributed by atoms with E-state index in [0.717, 1.165) is 19.4 Å². The van der Waals surface area contributed by atoms with Crippen LogP contribution in [-0.4, -0.2) is 29.8 Å². The minimum atomic E-state index is -2.48. The molecule has 0 fully saturated rings. The molecule has 3 nitrogen and oxygen atoms in total. The number of hydrogen-bond donors (Lipinski definition) is 0. The highest BCUT2D eigenvalue weighted by Crippen LogP contribution is 2.22. The highest BCUT2D eigenvalue weighted by Gasteiger charge is 2.40. The summed E-state index contributed by atoms with van der Waals surface area (Å²) >= 11 is 0. The maximum atomic E-state index is 6.50. The zero-order chi connectivity index (χ0) is 23.4. The van der Waals surface area contributed by atoms with Crippen molar-refractivity contribution in [2.45, 2.75) is 136 Å². The first kappa shape index (κ1) is 30.8. The molecular formula is C26H54O3Si2. The molecule has 0 aliphatic heterocycles. The summed E-state index contributed by atoms with van der Waals surface area (Å²) in [6.07, 6.45) is 19.7. The van der Waals surface area contributed by atoms with E-state index in [1.165, 1.54) is 83.5 Å². The quantitative estimate of drug-likeness (QED) is 0.110. The van der Waals surface area contributed by atoms with E-state index in [9.17, 15) is 0 Å². The fourth-order valence-electron chi connectivity index (χ4n) is 3.83. The van der Waals surface area contributed by atoms with Crippen LogP contribution < -0.4 is 0 Å². The van der Waals surface area contributed by atoms with Crippen LogP contribution in [0.5, 0.6) is 0 Å². The molecule has 0 saturated carbocycles. The van der Waals surface area contributed by atoms with E-state index in [2.05, 4.69) is 47.0 Å². The fraction of sp³-hybridized carbons (Fsp3) is 0.846. The van der Waals surface area contributed by atoms with E-state index in [1.54, 1.807) is 0 Å². The predicted octanol–water partition coefficient (Wildman–Crippen LogP) is 8.91. The van der Waals surface area contributed by atoms with Gasteiger partial charge in [-0.2, -0.15) is 0 Å². The van der Waals surface area contributed by atoms with Crippen molar-refractivity contribution in [3.63, 3.8) is 0 Å². The molecule has 3 unspecified atom stereocenters. The Morgan fingerprint density at radius 1 is 0.677 bits per heavy atom. The summed E-state index contributed by atoms with van der Waals surface area (Å²) in [6.45, 7) is 19.6. The lowest BCUT2D eigenvalue weighted by molar-refractivity contribution is 0.147. The molecule has 0 aromatic heterocycles. The Kier molecular flexibility index (Phi) is 19.2. The third-order valence-electron chi connectivity index (χ3n) is 5.93. The Balaban J connectivity index is 4.10. The molecule has 0 saturated heterocycles. The topological polar surface area (TPSA) is 27.7 Å². The molecule has 5 heteroatoms. The van der Waals surface area contributed by atoms with Crippen LogP contribution in [0.2, 0.25) is 13.1 Å². The summed E-state index contributed by atoms with van der Waals surface area (Å²) in [7, 11) is -4.93. The van der Waals surface area contributed by atoms with E-state index in [1.807, 2.05) is 11.4 Å². The molecular weight excluding hydrogens is 416 g/mol. The van der Waals surface area contributed by atoms with Gasteiger partial charge < -0.3 is 13.0 Å². The van der Waals surface area contributed by atoms with Crippen LogP contribution in [0.1, 0.15) is 117 Å². The van der Waals surface area contributed by atoms with Crippen LogP contribution in [0.3, 0.4) is 0 Å². The molecule has 0 aliphatic rings. The molecule has 0 radical (unpaired) electrons. The first-order valence-electron chi connectivity index (χ1n) is 13.1. The highest BCUT2D eigenvalue weighted by atomic mass is 28.5. The molecule has 0 N–H and O–H groups in total. The van der Waals surface area contributed by atoms with Crippen molar-refractivity contribution in [3.05, 3.63) is 24.6 Å². The summed E-state index contributed by atoms with van der Waals surface area (Å²) < 4.78 is 19.1. The summed E-state index contributed by atoms with van der Waals surface area (Å²) in [5.41, 5.74) is 3.79. The van der Waals surface area contributed by atoms with Crippen molar-refractivity contribution in [3.8, 4) is 0 Å². The number of unbranched alkanes of at least 4 members (excludes halogenated alkanes) is 12. The molecule has 0 aromatic rings. The van der Waals surface area contributed by atoms with Crippen LogP contribution in [0.25, 0.3) is 0 Å². The van der Waals surface area contributed by atoms with Crippen molar-refractivity contribution < 1.29 is 13.0 Å². The maximum absolute atomic E-state index is 6.50. The second-order valence-electron chi connectivity index (χ2n) is 9.35. The highest BCUT2D eigenvalue weighted by molar-refractivity contribution is 6.84. The van der Waals surface area contributed by atoms with Crippen molar-refractivity contribution in [2.75, 3.05) is 6.61 Å². The molecule has 0 aromatic carbocycles. The van der Waals surface area contributed by atoms with Gasteiger partial charge in [0.25, 0.3) is 0 Å². The van der Waals surface area contributed by atoms with Gasteiger partial charge in [0, 0.05) is 12.7 Å². The minimum Gasteiger partial charge on any atom is -0.409 e. The largest absolute Gasteiger partial charge is 0.409 e. The second kappa shape index (κ2) is 19.3. The fourth-order valence-corrected chi connectivity index (χ4v) is 9.82. The van der Waals surface area contributed by atoms with Gasteiger partial charge in [0.2, 0.25) is 0 Å². The normalized spacial score (nSPS) is 16.4. The molecule has 0 rings (SSSR count). The monoisotopic (exact) mass is 470 g/mol. The van der Waals surface area contributed by atoms with Crippen molar-refractivity contribution in [1.29, 1.82) is 0 Å². The Labute approximate surface area is 197 Å². The molecule has 3 atom stereocenters. The number of hydrogen-bond acceptors (Lipinski definition) is 3. The summed E-state index contributed by atoms with van der Waals surface area (Å²) in [6, 6.07) is 0. The van der Waals surface area contributed by atoms with Crippen LogP contribution in [-0.2, 0) is 13.0 Å². The van der Waals surface area contributed by atoms with Crippen molar-refractivity contribution >= 4 is 17.1 Å². The zero-order valence-electron chi connectivity index (χ0n) is 21.7. The molecule has 31 heavy (non-hydrogen) atoms. The summed E-state index contributed by atoms with van der Waals surface area (Å²) in [5.74, 6) is 0. The van der Waals surface area contributed by atoms with Gasteiger partial charge >= 0.3 is 17.1 Å². The lowest BCUT2D eigenvalue weighted by Gasteiger charge is -2.35. The average molecular weight is 471 g/mol. The molecule has 0 aliphatic carbocycles. The standard InChI is InChI=1S/C26H54O3Si2/c1-8-12-14-15-16-17-18-19-20-21-23-25-27-30(6,10-3)29-31(7,11-4)28-26(5)24-22-13-9-2/h10-11,26H,3-4,8-9,12-25H2,1-2,5-7H3. The molecule has 0 bridgehead atoms. The average Bonchev–Trinajstić information content (AvgIpc) is 2.74. The van der Waals surface area contributed by atoms with E-state index >= 15 is 0 Å². The third-order valence-corrected chi connectivity index (χ3v) is 12.3. The van der Waals surface area contributed by atoms with Gasteiger partial charge in [0.1, 0.15) is 0 Å². The van der Waals surface area contributed by atoms with Gasteiger partial charge in [0.15, 0.2) is 0 Å². The van der Waals surface area contributed by atoms with Gasteiger partial charge in [-0.15, -0.1) is 13.2 Å². The Bertz CT molecular complexity index is 446. The van der Waals surface area contributed by atoms with E-state index < -0.39 is 17.1 Å². The number of rotatable bonds is 23. The summed E-state index contributed by atoms with van der Waals surface area (Å²) in [5, 5.41) is 0. The Hall–Kier alpha value is -0.206. The third kappa shape index (κ3) is 17.0. The van der Waals surface area contributed by atoms with Crippen molar-refractivity contribution in [1.82, 2.24) is 0 Å². The lowest BCUT2D eigenvalue weighted by Crippen LogP contribution is -2.51.